The molecule has 2 heterocycles. The van der Waals surface area contributed by atoms with Gasteiger partial charge in [0.1, 0.15) is 0 Å². The van der Waals surface area contributed by atoms with Crippen LogP contribution in [0.3, 0.4) is 0 Å². The first-order valence-corrected chi connectivity index (χ1v) is 9.26. The summed E-state index contributed by atoms with van der Waals surface area (Å²) in [5, 5.41) is 8.80. The van der Waals surface area contributed by atoms with Crippen LogP contribution in [0, 0.1) is 0 Å². The number of anilines is 1. The highest BCUT2D eigenvalue weighted by molar-refractivity contribution is 14.0. The molecule has 0 bridgehead atoms. The summed E-state index contributed by atoms with van der Waals surface area (Å²) >= 11 is 1.76. The van der Waals surface area contributed by atoms with Crippen molar-refractivity contribution in [1.82, 2.24) is 10.6 Å². The molecule has 0 saturated carbocycles. The third kappa shape index (κ3) is 6.04. The van der Waals surface area contributed by atoms with Crippen LogP contribution in [0.15, 0.2) is 58.9 Å². The third-order valence-corrected chi connectivity index (χ3v) is 4.74. The summed E-state index contributed by atoms with van der Waals surface area (Å²) < 4.78 is 0. The topological polar surface area (TPSA) is 39.7 Å². The van der Waals surface area contributed by atoms with E-state index < -0.39 is 0 Å². The van der Waals surface area contributed by atoms with Gasteiger partial charge in [-0.25, -0.2) is 4.99 Å². The molecule has 0 aliphatic carbocycles. The monoisotopic (exact) mass is 468 g/mol. The molecule has 2 aromatic rings. The molecule has 0 unspecified atom stereocenters. The number of benzene rings is 1. The lowest BCUT2D eigenvalue weighted by Gasteiger charge is -2.18. The predicted molar refractivity (Wildman–Crippen MR) is 119 cm³/mol. The van der Waals surface area contributed by atoms with E-state index in [1.165, 1.54) is 16.1 Å². The molecule has 1 aromatic carbocycles. The van der Waals surface area contributed by atoms with Crippen molar-refractivity contribution in [3.05, 3.63) is 64.4 Å². The van der Waals surface area contributed by atoms with Crippen molar-refractivity contribution in [2.75, 3.05) is 24.5 Å². The van der Waals surface area contributed by atoms with Crippen LogP contribution < -0.4 is 15.5 Å². The zero-order valence-corrected chi connectivity index (χ0v) is 17.6. The van der Waals surface area contributed by atoms with Crippen molar-refractivity contribution >= 4 is 47.0 Å². The van der Waals surface area contributed by atoms with E-state index in [4.69, 9.17) is 4.99 Å². The Morgan fingerprint density at radius 1 is 1.16 bits per heavy atom. The van der Waals surface area contributed by atoms with E-state index in [1.807, 2.05) is 0 Å². The van der Waals surface area contributed by atoms with Crippen molar-refractivity contribution in [3.63, 3.8) is 0 Å². The molecule has 0 amide bonds. The summed E-state index contributed by atoms with van der Waals surface area (Å²) in [4.78, 5) is 8.38. The highest BCUT2D eigenvalue weighted by atomic mass is 127. The Hall–Kier alpha value is -1.54. The van der Waals surface area contributed by atoms with Gasteiger partial charge in [-0.1, -0.05) is 30.4 Å². The van der Waals surface area contributed by atoms with Gasteiger partial charge in [0.15, 0.2) is 5.96 Å². The second-order valence-corrected chi connectivity index (χ2v) is 6.71. The molecule has 134 valence electrons. The van der Waals surface area contributed by atoms with Gasteiger partial charge in [-0.15, -0.1) is 35.3 Å². The third-order valence-electron chi connectivity index (χ3n) is 3.87. The fourth-order valence-corrected chi connectivity index (χ4v) is 3.28. The highest BCUT2D eigenvalue weighted by Gasteiger charge is 2.07. The summed E-state index contributed by atoms with van der Waals surface area (Å²) in [6.07, 6.45) is 4.42. The molecule has 0 atom stereocenters. The van der Waals surface area contributed by atoms with Crippen molar-refractivity contribution in [2.24, 2.45) is 4.99 Å². The second kappa shape index (κ2) is 10.5. The first-order valence-electron chi connectivity index (χ1n) is 8.38. The van der Waals surface area contributed by atoms with Gasteiger partial charge >= 0.3 is 0 Å². The first-order chi connectivity index (χ1) is 11.8. The van der Waals surface area contributed by atoms with E-state index in [0.717, 1.165) is 32.1 Å². The molecule has 6 heteroatoms. The zero-order valence-electron chi connectivity index (χ0n) is 14.4. The molecule has 0 fully saturated rings. The molecule has 0 spiro atoms. The maximum Gasteiger partial charge on any atom is 0.191 e. The molecule has 1 aliphatic heterocycles. The summed E-state index contributed by atoms with van der Waals surface area (Å²) in [5.41, 5.74) is 2.50. The van der Waals surface area contributed by atoms with Crippen LogP contribution >= 0.6 is 35.3 Å². The smallest absolute Gasteiger partial charge is 0.191 e. The fraction of sp³-hybridized carbons (Fsp3) is 0.316. The molecule has 4 nitrogen and oxygen atoms in total. The van der Waals surface area contributed by atoms with Crippen molar-refractivity contribution < 1.29 is 0 Å². The molecule has 0 saturated heterocycles. The number of hydrogen-bond donors (Lipinski definition) is 2. The lowest BCUT2D eigenvalue weighted by molar-refractivity contribution is 0.823. The predicted octanol–water partition coefficient (Wildman–Crippen LogP) is 4.00. The lowest BCUT2D eigenvalue weighted by atomic mass is 10.2. The number of thiophene rings is 1. The van der Waals surface area contributed by atoms with E-state index in [0.29, 0.717) is 6.54 Å². The average molecular weight is 468 g/mol. The number of aliphatic imine (C=N–C) groups is 1. The van der Waals surface area contributed by atoms with Crippen molar-refractivity contribution in [2.45, 2.75) is 20.0 Å². The van der Waals surface area contributed by atoms with Crippen LogP contribution in [0.2, 0.25) is 0 Å². The quantitative estimate of drug-likeness (QED) is 0.292. The second-order valence-electron chi connectivity index (χ2n) is 5.67. The zero-order chi connectivity index (χ0) is 16.6. The van der Waals surface area contributed by atoms with Crippen LogP contribution in [-0.2, 0) is 13.1 Å². The van der Waals surface area contributed by atoms with Crippen LogP contribution in [0.1, 0.15) is 17.4 Å². The normalized spacial score (nSPS) is 13.6. The highest BCUT2D eigenvalue weighted by Crippen LogP contribution is 2.18. The van der Waals surface area contributed by atoms with Crippen molar-refractivity contribution in [3.8, 4) is 0 Å². The number of nitrogens with zero attached hydrogens (tertiary/aromatic N) is 2. The van der Waals surface area contributed by atoms with Gasteiger partial charge in [0, 0.05) is 30.2 Å². The summed E-state index contributed by atoms with van der Waals surface area (Å²) in [7, 11) is 0. The minimum Gasteiger partial charge on any atom is -0.364 e. The van der Waals surface area contributed by atoms with Gasteiger partial charge in [-0.3, -0.25) is 0 Å². The standard InChI is InChI=1S/C19H24N4S.HI/c1-2-20-19(22-15-18-9-6-12-24-18)21-14-16-7-5-8-17(13-16)23-10-3-4-11-23;/h3-9,12-13H,2,10-11,14-15H2,1H3,(H2,20,21,22);1H. The molecule has 2 N–H and O–H groups in total. The van der Waals surface area contributed by atoms with E-state index >= 15 is 0 Å². The Balaban J connectivity index is 0.00000225. The largest absolute Gasteiger partial charge is 0.364 e. The maximum absolute atomic E-state index is 4.72. The van der Waals surface area contributed by atoms with Gasteiger partial charge in [-0.05, 0) is 36.1 Å². The van der Waals surface area contributed by atoms with Crippen LogP contribution in [0.25, 0.3) is 0 Å². The average Bonchev–Trinajstić information content (AvgIpc) is 3.31. The van der Waals surface area contributed by atoms with Crippen LogP contribution in [0.5, 0.6) is 0 Å². The number of guanidine groups is 1. The number of halogens is 1. The van der Waals surface area contributed by atoms with Gasteiger partial charge in [0.2, 0.25) is 0 Å². The molecular weight excluding hydrogens is 443 g/mol. The Morgan fingerprint density at radius 2 is 2.00 bits per heavy atom. The van der Waals surface area contributed by atoms with Gasteiger partial charge in [0.05, 0.1) is 13.1 Å². The van der Waals surface area contributed by atoms with E-state index in [1.54, 1.807) is 11.3 Å². The summed E-state index contributed by atoms with van der Waals surface area (Å²) in [5.74, 6) is 0.860. The molecular formula is C19H25IN4S. The Labute approximate surface area is 171 Å². The van der Waals surface area contributed by atoms with E-state index in [2.05, 4.69) is 76.4 Å². The number of rotatable bonds is 6. The Bertz CT molecular complexity index is 689. The number of nitrogens with one attached hydrogen (secondary N) is 2. The molecule has 1 aromatic heterocycles. The summed E-state index contributed by atoms with van der Waals surface area (Å²) in [6.45, 7) is 6.42. The SMILES string of the molecule is CCNC(=NCc1cccc(N2CC=CC2)c1)NCc1cccs1.I. The van der Waals surface area contributed by atoms with Crippen LogP contribution in [0.4, 0.5) is 5.69 Å². The minimum absolute atomic E-state index is 0. The Kier molecular flexibility index (Phi) is 8.27. The van der Waals surface area contributed by atoms with Crippen molar-refractivity contribution in [1.29, 1.82) is 0 Å². The minimum atomic E-state index is 0. The lowest BCUT2D eigenvalue weighted by Crippen LogP contribution is -2.36. The van der Waals surface area contributed by atoms with E-state index in [9.17, 15) is 0 Å². The van der Waals surface area contributed by atoms with Gasteiger partial charge in [0.25, 0.3) is 0 Å². The molecule has 25 heavy (non-hydrogen) atoms. The molecule has 0 radical (unpaired) electrons. The summed E-state index contributed by atoms with van der Waals surface area (Å²) in [6, 6.07) is 12.9. The van der Waals surface area contributed by atoms with E-state index in [-0.39, 0.29) is 24.0 Å². The molecule has 3 rings (SSSR count). The Morgan fingerprint density at radius 3 is 2.72 bits per heavy atom. The molecule has 1 aliphatic rings. The van der Waals surface area contributed by atoms with Gasteiger partial charge < -0.3 is 15.5 Å². The van der Waals surface area contributed by atoms with Crippen LogP contribution in [-0.4, -0.2) is 25.6 Å². The number of hydrogen-bond acceptors (Lipinski definition) is 3. The maximum atomic E-state index is 4.72. The first kappa shape index (κ1) is 19.8. The fourth-order valence-electron chi connectivity index (χ4n) is 2.64. The van der Waals surface area contributed by atoms with Gasteiger partial charge in [-0.2, -0.15) is 0 Å².